The summed E-state index contributed by atoms with van der Waals surface area (Å²) in [6, 6.07) is 16.8. The van der Waals surface area contributed by atoms with Gasteiger partial charge in [-0.25, -0.2) is 9.78 Å². The number of likely N-dealkylation sites (N-methyl/N-ethyl adjacent to an activating group) is 1. The van der Waals surface area contributed by atoms with Crippen molar-refractivity contribution >= 4 is 39.5 Å². The van der Waals surface area contributed by atoms with E-state index in [9.17, 15) is 9.59 Å². The molecule has 1 aliphatic rings. The molecule has 3 N–H and O–H groups in total. The predicted octanol–water partition coefficient (Wildman–Crippen LogP) is 5.12. The molecule has 0 bridgehead atoms. The molecule has 0 atom stereocenters. The molecule has 1 aliphatic heterocycles. The van der Waals surface area contributed by atoms with E-state index >= 15 is 0 Å². The third kappa shape index (κ3) is 3.06. The number of benzene rings is 3. The van der Waals surface area contributed by atoms with Gasteiger partial charge in [-0.15, -0.1) is 0 Å². The molecule has 35 heavy (non-hydrogen) atoms. The van der Waals surface area contributed by atoms with E-state index in [0.29, 0.717) is 18.1 Å². The highest BCUT2D eigenvalue weighted by molar-refractivity contribution is 6.09. The van der Waals surface area contributed by atoms with Crippen molar-refractivity contribution < 1.29 is 14.7 Å². The van der Waals surface area contributed by atoms with Crippen LogP contribution in [0.2, 0.25) is 0 Å². The summed E-state index contributed by atoms with van der Waals surface area (Å²) in [5.41, 5.74) is 6.68. The van der Waals surface area contributed by atoms with Gasteiger partial charge < -0.3 is 15.0 Å². The molecule has 0 saturated carbocycles. The van der Waals surface area contributed by atoms with Crippen molar-refractivity contribution in [2.75, 3.05) is 11.4 Å². The Kier molecular flexibility index (Phi) is 4.38. The SMILES string of the molecule is CCN1C(=O)C(C)(C)c2cc3nc(-c4n[nH]c5cc(-c6ccc(C(=O)O)cc6)ccc45)[nH]c3cc21. The van der Waals surface area contributed by atoms with Crippen LogP contribution in [0.5, 0.6) is 0 Å². The second kappa shape index (κ2) is 7.27. The first-order valence-electron chi connectivity index (χ1n) is 11.5. The van der Waals surface area contributed by atoms with Crippen molar-refractivity contribution in [2.45, 2.75) is 26.2 Å². The molecule has 1 amide bonds. The summed E-state index contributed by atoms with van der Waals surface area (Å²) < 4.78 is 0. The maximum atomic E-state index is 12.8. The van der Waals surface area contributed by atoms with Gasteiger partial charge in [-0.05, 0) is 73.9 Å². The first kappa shape index (κ1) is 21.1. The molecular weight excluding hydrogens is 442 g/mol. The minimum atomic E-state index is -0.946. The van der Waals surface area contributed by atoms with Crippen molar-refractivity contribution in [1.82, 2.24) is 20.2 Å². The monoisotopic (exact) mass is 465 g/mol. The van der Waals surface area contributed by atoms with E-state index in [0.717, 1.165) is 44.3 Å². The Morgan fingerprint density at radius 2 is 1.77 bits per heavy atom. The topological polar surface area (TPSA) is 115 Å². The van der Waals surface area contributed by atoms with Crippen LogP contribution < -0.4 is 4.90 Å². The number of anilines is 1. The van der Waals surface area contributed by atoms with Crippen LogP contribution in [0.1, 0.15) is 36.7 Å². The Morgan fingerprint density at radius 1 is 1.03 bits per heavy atom. The molecule has 0 fully saturated rings. The lowest BCUT2D eigenvalue weighted by Gasteiger charge is -2.18. The second-order valence-corrected chi connectivity index (χ2v) is 9.36. The number of hydrogen-bond acceptors (Lipinski definition) is 4. The summed E-state index contributed by atoms with van der Waals surface area (Å²) >= 11 is 0. The molecule has 8 heteroatoms. The summed E-state index contributed by atoms with van der Waals surface area (Å²) in [6.07, 6.45) is 0. The van der Waals surface area contributed by atoms with E-state index in [-0.39, 0.29) is 11.5 Å². The second-order valence-electron chi connectivity index (χ2n) is 9.36. The Labute approximate surface area is 200 Å². The molecular formula is C27H23N5O3. The summed E-state index contributed by atoms with van der Waals surface area (Å²) in [5.74, 6) is -0.186. The number of carbonyl (C=O) groups is 2. The van der Waals surface area contributed by atoms with Crippen molar-refractivity contribution in [3.8, 4) is 22.6 Å². The average Bonchev–Trinajstić information content (AvgIpc) is 3.51. The van der Waals surface area contributed by atoms with E-state index in [1.54, 1.807) is 24.3 Å². The van der Waals surface area contributed by atoms with Crippen LogP contribution in [0.3, 0.4) is 0 Å². The number of aromatic nitrogens is 4. The number of aromatic carboxylic acids is 1. The van der Waals surface area contributed by atoms with Gasteiger partial charge in [0, 0.05) is 11.9 Å². The first-order valence-corrected chi connectivity index (χ1v) is 11.5. The summed E-state index contributed by atoms with van der Waals surface area (Å²) in [4.78, 5) is 34.0. The van der Waals surface area contributed by atoms with Crippen LogP contribution in [-0.4, -0.2) is 43.7 Å². The van der Waals surface area contributed by atoms with Gasteiger partial charge in [-0.2, -0.15) is 5.10 Å². The van der Waals surface area contributed by atoms with Gasteiger partial charge in [0.1, 0.15) is 5.69 Å². The number of nitrogens with one attached hydrogen (secondary N) is 2. The number of aromatic amines is 2. The fourth-order valence-electron chi connectivity index (χ4n) is 4.94. The zero-order chi connectivity index (χ0) is 24.5. The van der Waals surface area contributed by atoms with E-state index < -0.39 is 11.4 Å². The lowest BCUT2D eigenvalue weighted by molar-refractivity contribution is -0.122. The number of imidazole rings is 1. The highest BCUT2D eigenvalue weighted by Gasteiger charge is 2.43. The van der Waals surface area contributed by atoms with Gasteiger partial charge in [0.05, 0.1) is 33.2 Å². The fourth-order valence-corrected chi connectivity index (χ4v) is 4.94. The van der Waals surface area contributed by atoms with Gasteiger partial charge in [-0.1, -0.05) is 18.2 Å². The van der Waals surface area contributed by atoms with Crippen LogP contribution in [0.15, 0.2) is 54.6 Å². The fraction of sp³-hybridized carbons (Fsp3) is 0.185. The zero-order valence-electron chi connectivity index (χ0n) is 19.5. The number of hydrogen-bond donors (Lipinski definition) is 3. The van der Waals surface area contributed by atoms with Crippen LogP contribution in [-0.2, 0) is 10.2 Å². The average molecular weight is 466 g/mol. The van der Waals surface area contributed by atoms with Gasteiger partial charge in [0.2, 0.25) is 5.91 Å². The predicted molar refractivity (Wildman–Crippen MR) is 135 cm³/mol. The molecule has 174 valence electrons. The lowest BCUT2D eigenvalue weighted by atomic mass is 9.86. The number of fused-ring (bicyclic) bond motifs is 3. The minimum Gasteiger partial charge on any atom is -0.478 e. The number of amides is 1. The molecule has 8 nitrogen and oxygen atoms in total. The quantitative estimate of drug-likeness (QED) is 0.341. The van der Waals surface area contributed by atoms with Gasteiger partial charge in [0.25, 0.3) is 0 Å². The summed E-state index contributed by atoms with van der Waals surface area (Å²) in [7, 11) is 0. The molecule has 3 heterocycles. The molecule has 3 aromatic carbocycles. The third-order valence-electron chi connectivity index (χ3n) is 6.91. The number of H-pyrrole nitrogens is 2. The maximum absolute atomic E-state index is 12.8. The van der Waals surface area contributed by atoms with Crippen molar-refractivity contribution in [1.29, 1.82) is 0 Å². The van der Waals surface area contributed by atoms with Crippen molar-refractivity contribution in [3.05, 3.63) is 65.7 Å². The molecule has 0 spiro atoms. The minimum absolute atomic E-state index is 0.106. The number of carbonyl (C=O) groups excluding carboxylic acids is 1. The Hall–Kier alpha value is -4.46. The number of nitrogens with zero attached hydrogens (tertiary/aromatic N) is 3. The summed E-state index contributed by atoms with van der Waals surface area (Å²) in [5, 5.41) is 17.7. The van der Waals surface area contributed by atoms with Crippen LogP contribution in [0.25, 0.3) is 44.6 Å². The highest BCUT2D eigenvalue weighted by atomic mass is 16.4. The lowest BCUT2D eigenvalue weighted by Crippen LogP contribution is -2.35. The smallest absolute Gasteiger partial charge is 0.335 e. The van der Waals surface area contributed by atoms with Crippen molar-refractivity contribution in [2.24, 2.45) is 0 Å². The van der Waals surface area contributed by atoms with Crippen LogP contribution in [0.4, 0.5) is 5.69 Å². The zero-order valence-corrected chi connectivity index (χ0v) is 19.5. The summed E-state index contributed by atoms with van der Waals surface area (Å²) in [6.45, 7) is 6.51. The molecule has 0 saturated heterocycles. The third-order valence-corrected chi connectivity index (χ3v) is 6.91. The Balaban J connectivity index is 1.40. The van der Waals surface area contributed by atoms with Gasteiger partial charge >= 0.3 is 5.97 Å². The Morgan fingerprint density at radius 3 is 2.49 bits per heavy atom. The van der Waals surface area contributed by atoms with E-state index in [1.165, 1.54) is 0 Å². The Bertz CT molecular complexity index is 1660. The maximum Gasteiger partial charge on any atom is 0.335 e. The standard InChI is InChI=1S/C27H23N5O3/c1-4-32-22-13-21-20(12-18(22)27(2,3)26(32)35)28-24(29-21)23-17-10-9-16(11-19(17)30-31-23)14-5-7-15(8-6-14)25(33)34/h5-13H,4H2,1-3H3,(H,28,29)(H,30,31)(H,33,34). The highest BCUT2D eigenvalue weighted by Crippen LogP contribution is 2.43. The van der Waals surface area contributed by atoms with Crippen molar-refractivity contribution in [3.63, 3.8) is 0 Å². The van der Waals surface area contributed by atoms with Crippen LogP contribution >= 0.6 is 0 Å². The molecule has 0 aliphatic carbocycles. The molecule has 2 aromatic heterocycles. The van der Waals surface area contributed by atoms with Gasteiger partial charge in [0.15, 0.2) is 5.82 Å². The first-order chi connectivity index (χ1) is 16.8. The number of rotatable bonds is 4. The molecule has 0 radical (unpaired) electrons. The largest absolute Gasteiger partial charge is 0.478 e. The number of carboxylic acid groups (broad SMARTS) is 1. The molecule has 6 rings (SSSR count). The molecule has 5 aromatic rings. The van der Waals surface area contributed by atoms with E-state index in [2.05, 4.69) is 15.2 Å². The normalized spacial score (nSPS) is 14.7. The van der Waals surface area contributed by atoms with E-state index in [4.69, 9.17) is 10.1 Å². The van der Waals surface area contributed by atoms with Gasteiger partial charge in [-0.3, -0.25) is 9.89 Å². The van der Waals surface area contributed by atoms with E-state index in [1.807, 2.05) is 56.0 Å². The van der Waals surface area contributed by atoms with Crippen LogP contribution in [0, 0.1) is 0 Å². The molecule has 0 unspecified atom stereocenters. The number of carboxylic acids is 1.